The third kappa shape index (κ3) is 3.38. The van der Waals surface area contributed by atoms with Crippen LogP contribution in [0.4, 0.5) is 5.82 Å². The molecule has 2 aromatic rings. The lowest BCUT2D eigenvalue weighted by Gasteiger charge is -2.03. The molecule has 0 saturated carbocycles. The van der Waals surface area contributed by atoms with Gasteiger partial charge in [0.25, 0.3) is 5.91 Å². The van der Waals surface area contributed by atoms with Crippen LogP contribution in [0.3, 0.4) is 0 Å². The highest BCUT2D eigenvalue weighted by molar-refractivity contribution is 6.04. The number of carbonyl (C=O) groups excluding carboxylic acids is 1. The molecule has 7 heteroatoms. The first-order chi connectivity index (χ1) is 9.16. The van der Waals surface area contributed by atoms with Crippen LogP contribution in [0.2, 0.25) is 0 Å². The van der Waals surface area contributed by atoms with Crippen molar-refractivity contribution in [3.05, 3.63) is 41.9 Å². The summed E-state index contributed by atoms with van der Waals surface area (Å²) in [7, 11) is 0. The Morgan fingerprint density at radius 2 is 2.21 bits per heavy atom. The van der Waals surface area contributed by atoms with Crippen LogP contribution >= 0.6 is 0 Å². The molecule has 0 aliphatic heterocycles. The first-order valence-electron chi connectivity index (χ1n) is 5.63. The Balaban J connectivity index is 2.07. The summed E-state index contributed by atoms with van der Waals surface area (Å²) in [5, 5.41) is 17.7. The minimum Gasteiger partial charge on any atom is -0.481 e. The largest absolute Gasteiger partial charge is 0.481 e. The van der Waals surface area contributed by atoms with Gasteiger partial charge in [-0.25, -0.2) is 4.98 Å². The highest BCUT2D eigenvalue weighted by Gasteiger charge is 2.15. The molecule has 0 aromatic carbocycles. The maximum atomic E-state index is 12.0. The van der Waals surface area contributed by atoms with E-state index in [1.807, 2.05) is 0 Å². The molecular formula is C12H12N4O3. The molecule has 3 N–H and O–H groups in total. The van der Waals surface area contributed by atoms with Gasteiger partial charge in [-0.1, -0.05) is 6.07 Å². The predicted molar refractivity (Wildman–Crippen MR) is 66.7 cm³/mol. The average molecular weight is 260 g/mol. The van der Waals surface area contributed by atoms with Gasteiger partial charge in [0.2, 0.25) is 0 Å². The van der Waals surface area contributed by atoms with E-state index in [1.165, 1.54) is 6.20 Å². The molecule has 0 spiro atoms. The van der Waals surface area contributed by atoms with Crippen molar-refractivity contribution in [2.75, 3.05) is 5.32 Å². The van der Waals surface area contributed by atoms with E-state index in [-0.39, 0.29) is 18.7 Å². The first kappa shape index (κ1) is 12.7. The van der Waals surface area contributed by atoms with Gasteiger partial charge in [-0.3, -0.25) is 14.7 Å². The van der Waals surface area contributed by atoms with Crippen molar-refractivity contribution in [3.8, 4) is 0 Å². The molecule has 0 atom stereocenters. The summed E-state index contributed by atoms with van der Waals surface area (Å²) in [6.07, 6.45) is 3.13. The molecule has 0 fully saturated rings. The molecule has 2 rings (SSSR count). The van der Waals surface area contributed by atoms with Crippen molar-refractivity contribution in [2.24, 2.45) is 0 Å². The second-order valence-corrected chi connectivity index (χ2v) is 3.81. The number of nitrogens with zero attached hydrogens (tertiary/aromatic N) is 2. The highest BCUT2D eigenvalue weighted by atomic mass is 16.4. The van der Waals surface area contributed by atoms with Gasteiger partial charge < -0.3 is 10.4 Å². The van der Waals surface area contributed by atoms with Crippen molar-refractivity contribution < 1.29 is 14.7 Å². The quantitative estimate of drug-likeness (QED) is 0.745. The molecule has 0 radical (unpaired) electrons. The SMILES string of the molecule is O=C(O)CCc1n[nH]cc1C(=O)Nc1ccccn1. The zero-order valence-corrected chi connectivity index (χ0v) is 9.96. The number of hydrogen-bond acceptors (Lipinski definition) is 4. The molecule has 19 heavy (non-hydrogen) atoms. The molecule has 0 aliphatic carbocycles. The van der Waals surface area contributed by atoms with Crippen molar-refractivity contribution in [1.82, 2.24) is 15.2 Å². The summed E-state index contributed by atoms with van der Waals surface area (Å²) in [6.45, 7) is 0. The van der Waals surface area contributed by atoms with Crippen molar-refractivity contribution in [2.45, 2.75) is 12.8 Å². The molecule has 7 nitrogen and oxygen atoms in total. The van der Waals surface area contributed by atoms with Crippen LogP contribution in [0.5, 0.6) is 0 Å². The third-order valence-corrected chi connectivity index (χ3v) is 2.45. The number of amides is 1. The molecular weight excluding hydrogens is 248 g/mol. The second kappa shape index (κ2) is 5.76. The summed E-state index contributed by atoms with van der Waals surface area (Å²) in [4.78, 5) is 26.5. The van der Waals surface area contributed by atoms with Crippen molar-refractivity contribution in [1.29, 1.82) is 0 Å². The number of aromatic amines is 1. The fourth-order valence-electron chi connectivity index (χ4n) is 1.55. The van der Waals surface area contributed by atoms with E-state index >= 15 is 0 Å². The number of pyridine rings is 1. The number of aryl methyl sites for hydroxylation is 1. The zero-order chi connectivity index (χ0) is 13.7. The topological polar surface area (TPSA) is 108 Å². The fourth-order valence-corrected chi connectivity index (χ4v) is 1.55. The van der Waals surface area contributed by atoms with Crippen LogP contribution < -0.4 is 5.32 Å². The van der Waals surface area contributed by atoms with Crippen LogP contribution in [-0.2, 0) is 11.2 Å². The number of carboxylic acids is 1. The normalized spacial score (nSPS) is 10.1. The van der Waals surface area contributed by atoms with Crippen molar-refractivity contribution in [3.63, 3.8) is 0 Å². The number of rotatable bonds is 5. The lowest BCUT2D eigenvalue weighted by atomic mass is 10.1. The molecule has 0 unspecified atom stereocenters. The van der Waals surface area contributed by atoms with Gasteiger partial charge in [-0.2, -0.15) is 5.10 Å². The predicted octanol–water partition coefficient (Wildman–Crippen LogP) is 1.07. The van der Waals surface area contributed by atoms with Gasteiger partial charge in [-0.15, -0.1) is 0 Å². The Hall–Kier alpha value is -2.70. The number of nitrogens with one attached hydrogen (secondary N) is 2. The van der Waals surface area contributed by atoms with E-state index < -0.39 is 5.97 Å². The van der Waals surface area contributed by atoms with Crippen LogP contribution in [0.1, 0.15) is 22.5 Å². The number of aromatic nitrogens is 3. The number of hydrogen-bond donors (Lipinski definition) is 3. The van der Waals surface area contributed by atoms with Crippen LogP contribution in [-0.4, -0.2) is 32.2 Å². The maximum absolute atomic E-state index is 12.0. The lowest BCUT2D eigenvalue weighted by molar-refractivity contribution is -0.136. The van der Waals surface area contributed by atoms with Gasteiger partial charge in [0.05, 0.1) is 17.7 Å². The van der Waals surface area contributed by atoms with Crippen molar-refractivity contribution >= 4 is 17.7 Å². The molecule has 0 saturated heterocycles. The summed E-state index contributed by atoms with van der Waals surface area (Å²) in [5.41, 5.74) is 0.753. The summed E-state index contributed by atoms with van der Waals surface area (Å²) in [5.74, 6) is -0.871. The van der Waals surface area contributed by atoms with Gasteiger partial charge in [0, 0.05) is 18.8 Å². The highest BCUT2D eigenvalue weighted by Crippen LogP contribution is 2.10. The van der Waals surface area contributed by atoms with E-state index in [1.54, 1.807) is 24.4 Å². The van der Waals surface area contributed by atoms with E-state index in [0.29, 0.717) is 17.1 Å². The Morgan fingerprint density at radius 1 is 1.37 bits per heavy atom. The third-order valence-electron chi connectivity index (χ3n) is 2.45. The summed E-state index contributed by atoms with van der Waals surface area (Å²) < 4.78 is 0. The number of aliphatic carboxylic acids is 1. The molecule has 0 bridgehead atoms. The maximum Gasteiger partial charge on any atom is 0.303 e. The molecule has 98 valence electrons. The van der Waals surface area contributed by atoms with E-state index in [2.05, 4.69) is 20.5 Å². The van der Waals surface area contributed by atoms with Gasteiger partial charge in [0.15, 0.2) is 0 Å². The lowest BCUT2D eigenvalue weighted by Crippen LogP contribution is -2.14. The molecule has 2 aromatic heterocycles. The summed E-state index contributed by atoms with van der Waals surface area (Å²) >= 11 is 0. The van der Waals surface area contributed by atoms with Gasteiger partial charge >= 0.3 is 5.97 Å². The van der Waals surface area contributed by atoms with E-state index in [9.17, 15) is 9.59 Å². The number of H-pyrrole nitrogens is 1. The van der Waals surface area contributed by atoms with Crippen LogP contribution in [0.25, 0.3) is 0 Å². The van der Waals surface area contributed by atoms with Crippen LogP contribution in [0.15, 0.2) is 30.6 Å². The zero-order valence-electron chi connectivity index (χ0n) is 9.96. The van der Waals surface area contributed by atoms with Gasteiger partial charge in [0.1, 0.15) is 5.82 Å². The number of carboxylic acid groups (broad SMARTS) is 1. The van der Waals surface area contributed by atoms with E-state index in [4.69, 9.17) is 5.11 Å². The fraction of sp³-hybridized carbons (Fsp3) is 0.167. The smallest absolute Gasteiger partial charge is 0.303 e. The molecule has 0 aliphatic rings. The molecule has 1 amide bonds. The minimum absolute atomic E-state index is 0.0747. The first-order valence-corrected chi connectivity index (χ1v) is 5.63. The average Bonchev–Trinajstić information content (AvgIpc) is 2.86. The Morgan fingerprint density at radius 3 is 2.89 bits per heavy atom. The van der Waals surface area contributed by atoms with Gasteiger partial charge in [-0.05, 0) is 12.1 Å². The number of carbonyl (C=O) groups is 2. The number of anilines is 1. The Bertz CT molecular complexity index is 580. The summed E-state index contributed by atoms with van der Waals surface area (Å²) in [6, 6.07) is 5.16. The Labute approximate surface area is 108 Å². The Kier molecular flexibility index (Phi) is 3.87. The van der Waals surface area contributed by atoms with Crippen LogP contribution in [0, 0.1) is 0 Å². The van der Waals surface area contributed by atoms with E-state index in [0.717, 1.165) is 0 Å². The minimum atomic E-state index is -0.931. The molecule has 2 heterocycles. The second-order valence-electron chi connectivity index (χ2n) is 3.81. The standard InChI is InChI=1S/C12H12N4O3/c17-11(18)5-4-9-8(7-14-16-9)12(19)15-10-3-1-2-6-13-10/h1-3,6-7H,4-5H2,(H,14,16)(H,17,18)(H,13,15,19). The monoisotopic (exact) mass is 260 g/mol.